The van der Waals surface area contributed by atoms with Crippen LogP contribution < -0.4 is 16.0 Å². The van der Waals surface area contributed by atoms with Gasteiger partial charge >= 0.3 is 12.1 Å². The number of carbonyl (C=O) groups is 4. The molecule has 0 bridgehead atoms. The lowest BCUT2D eigenvalue weighted by atomic mass is 9.87. The van der Waals surface area contributed by atoms with Crippen molar-refractivity contribution in [3.63, 3.8) is 0 Å². The molecule has 5 N–H and O–H groups in total. The molecule has 0 radical (unpaired) electrons. The SMILES string of the molecule is CC(C)CC(NC(=O)C(CCCCNC(=O)OCc1ccccc1)NC(=O)C(Cc1cccc2ccccc12)Cc1cccc2ccccc12)[C@@H](O)C(=O)O. The highest BCUT2D eigenvalue weighted by atomic mass is 16.5. The molecule has 0 aliphatic heterocycles. The van der Waals surface area contributed by atoms with Crippen LogP contribution in [0, 0.1) is 11.8 Å². The van der Waals surface area contributed by atoms with E-state index in [1.807, 2.05) is 129 Å². The van der Waals surface area contributed by atoms with E-state index in [9.17, 15) is 29.4 Å². The van der Waals surface area contributed by atoms with Gasteiger partial charge in [-0.05, 0) is 82.7 Å². The molecule has 0 aromatic heterocycles. The maximum atomic E-state index is 14.5. The van der Waals surface area contributed by atoms with Crippen LogP contribution in [0.3, 0.4) is 0 Å². The first-order valence-corrected chi connectivity index (χ1v) is 19.0. The van der Waals surface area contributed by atoms with Crippen LogP contribution in [0.25, 0.3) is 21.5 Å². The van der Waals surface area contributed by atoms with Gasteiger partial charge in [0, 0.05) is 12.5 Å². The Bertz CT molecular complexity index is 1960. The summed E-state index contributed by atoms with van der Waals surface area (Å²) < 4.78 is 5.30. The van der Waals surface area contributed by atoms with E-state index in [1.54, 1.807) is 0 Å². The van der Waals surface area contributed by atoms with Crippen LogP contribution in [0.4, 0.5) is 4.79 Å². The lowest BCUT2D eigenvalue weighted by Gasteiger charge is -2.27. The summed E-state index contributed by atoms with van der Waals surface area (Å²) in [5.74, 6) is -2.93. The summed E-state index contributed by atoms with van der Waals surface area (Å²) in [6, 6.07) is 35.4. The molecule has 0 saturated carbocycles. The summed E-state index contributed by atoms with van der Waals surface area (Å²) in [6.45, 7) is 4.17. The molecule has 3 amide bonds. The quantitative estimate of drug-likeness (QED) is 0.0574. The van der Waals surface area contributed by atoms with Crippen molar-refractivity contribution in [2.45, 2.75) is 77.2 Å². The number of unbranched alkanes of at least 4 members (excludes halogenated alkanes) is 1. The minimum Gasteiger partial charge on any atom is -0.479 e. The third-order valence-electron chi connectivity index (χ3n) is 9.79. The van der Waals surface area contributed by atoms with Crippen molar-refractivity contribution in [3.8, 4) is 0 Å². The molecule has 0 saturated heterocycles. The first kappa shape index (κ1) is 40.4. The van der Waals surface area contributed by atoms with Gasteiger partial charge < -0.3 is 30.9 Å². The van der Waals surface area contributed by atoms with E-state index >= 15 is 0 Å². The number of ether oxygens (including phenoxy) is 1. The minimum absolute atomic E-state index is 0.0224. The Morgan fingerprint density at radius 2 is 1.24 bits per heavy atom. The van der Waals surface area contributed by atoms with E-state index in [-0.39, 0.29) is 37.8 Å². The Morgan fingerprint density at radius 1 is 0.673 bits per heavy atom. The van der Waals surface area contributed by atoms with E-state index < -0.39 is 42.1 Å². The number of carboxylic acid groups (broad SMARTS) is 1. The Hall–Kier alpha value is -5.74. The lowest BCUT2D eigenvalue weighted by molar-refractivity contribution is -0.149. The number of aliphatic carboxylic acids is 1. The number of hydrogen-bond acceptors (Lipinski definition) is 6. The summed E-state index contributed by atoms with van der Waals surface area (Å²) in [7, 11) is 0. The van der Waals surface area contributed by atoms with Crippen molar-refractivity contribution in [2.24, 2.45) is 11.8 Å². The summed E-state index contributed by atoms with van der Waals surface area (Å²) in [6.07, 6.45) is -0.186. The molecular formula is C45H51N3O7. The number of aliphatic hydroxyl groups excluding tert-OH is 1. The fraction of sp³-hybridized carbons (Fsp3) is 0.333. The molecule has 10 nitrogen and oxygen atoms in total. The molecule has 3 atom stereocenters. The van der Waals surface area contributed by atoms with Crippen LogP contribution in [-0.4, -0.2) is 58.8 Å². The molecule has 10 heteroatoms. The Morgan fingerprint density at radius 3 is 1.82 bits per heavy atom. The number of fused-ring (bicyclic) bond motifs is 2. The van der Waals surface area contributed by atoms with Crippen molar-refractivity contribution in [2.75, 3.05) is 6.54 Å². The number of nitrogens with one attached hydrogen (secondary N) is 3. The van der Waals surface area contributed by atoms with Gasteiger partial charge in [0.1, 0.15) is 12.6 Å². The molecule has 0 spiro atoms. The molecule has 0 aliphatic carbocycles. The van der Waals surface area contributed by atoms with Crippen molar-refractivity contribution in [1.82, 2.24) is 16.0 Å². The molecule has 5 rings (SSSR count). The van der Waals surface area contributed by atoms with Crippen LogP contribution in [0.15, 0.2) is 115 Å². The lowest BCUT2D eigenvalue weighted by Crippen LogP contribution is -2.55. The molecule has 0 heterocycles. The predicted molar refractivity (Wildman–Crippen MR) is 214 cm³/mol. The van der Waals surface area contributed by atoms with Crippen molar-refractivity contribution in [3.05, 3.63) is 132 Å². The molecule has 2 unspecified atom stereocenters. The van der Waals surface area contributed by atoms with Crippen LogP contribution in [0.5, 0.6) is 0 Å². The number of alkyl carbamates (subject to hydrolysis) is 1. The second-order valence-corrected chi connectivity index (χ2v) is 14.5. The Balaban J connectivity index is 1.35. The molecule has 288 valence electrons. The summed E-state index contributed by atoms with van der Waals surface area (Å²) in [5, 5.41) is 32.8. The second kappa shape index (κ2) is 20.1. The monoisotopic (exact) mass is 745 g/mol. The van der Waals surface area contributed by atoms with Crippen LogP contribution >= 0.6 is 0 Å². The second-order valence-electron chi connectivity index (χ2n) is 14.5. The molecular weight excluding hydrogens is 695 g/mol. The van der Waals surface area contributed by atoms with Crippen molar-refractivity contribution in [1.29, 1.82) is 0 Å². The van der Waals surface area contributed by atoms with Gasteiger partial charge in [-0.15, -0.1) is 0 Å². The number of carbonyl (C=O) groups excluding carboxylic acids is 3. The number of hydrogen-bond donors (Lipinski definition) is 5. The van der Waals surface area contributed by atoms with Gasteiger partial charge in [0.2, 0.25) is 11.8 Å². The van der Waals surface area contributed by atoms with E-state index in [1.165, 1.54) is 0 Å². The van der Waals surface area contributed by atoms with Gasteiger partial charge in [0.25, 0.3) is 0 Å². The van der Waals surface area contributed by atoms with Gasteiger partial charge in [-0.1, -0.05) is 129 Å². The summed E-state index contributed by atoms with van der Waals surface area (Å²) >= 11 is 0. The topological polar surface area (TPSA) is 154 Å². The zero-order valence-electron chi connectivity index (χ0n) is 31.4. The van der Waals surface area contributed by atoms with E-state index in [0.717, 1.165) is 38.2 Å². The van der Waals surface area contributed by atoms with Gasteiger partial charge in [0.15, 0.2) is 6.10 Å². The van der Waals surface area contributed by atoms with Crippen molar-refractivity contribution < 1.29 is 34.1 Å². The fourth-order valence-corrected chi connectivity index (χ4v) is 6.96. The molecule has 55 heavy (non-hydrogen) atoms. The largest absolute Gasteiger partial charge is 0.479 e. The zero-order valence-corrected chi connectivity index (χ0v) is 31.4. The third-order valence-corrected chi connectivity index (χ3v) is 9.79. The van der Waals surface area contributed by atoms with E-state index in [2.05, 4.69) is 16.0 Å². The molecule has 0 fully saturated rings. The Kier molecular flexibility index (Phi) is 14.8. The average Bonchev–Trinajstić information content (AvgIpc) is 3.19. The summed E-state index contributed by atoms with van der Waals surface area (Å²) in [5.41, 5.74) is 2.88. The highest BCUT2D eigenvalue weighted by Crippen LogP contribution is 2.27. The first-order chi connectivity index (χ1) is 26.6. The maximum Gasteiger partial charge on any atom is 0.407 e. The van der Waals surface area contributed by atoms with E-state index in [4.69, 9.17) is 4.74 Å². The third kappa shape index (κ3) is 11.9. The van der Waals surface area contributed by atoms with Crippen molar-refractivity contribution >= 4 is 45.4 Å². The standard InChI is InChI=1S/C45H51N3O7/c1-30(2)26-40(41(49)44(52)53)48-43(51)39(24-10-11-25-46-45(54)55-29-31-14-4-3-5-15-31)47-42(50)36(27-34-20-12-18-32-16-6-8-22-37(32)34)28-35-21-13-19-33-17-7-9-23-38(33)35/h3-9,12-23,30,36,39-41,49H,10-11,24-29H2,1-2H3,(H,46,54)(H,47,50)(H,48,51)(H,52,53)/t39?,40?,41-/m1/s1. The summed E-state index contributed by atoms with van der Waals surface area (Å²) in [4.78, 5) is 52.6. The van der Waals surface area contributed by atoms with Gasteiger partial charge in [0.05, 0.1) is 6.04 Å². The minimum atomic E-state index is -1.82. The average molecular weight is 746 g/mol. The van der Waals surface area contributed by atoms with Crippen LogP contribution in [0.2, 0.25) is 0 Å². The molecule has 5 aromatic rings. The van der Waals surface area contributed by atoms with E-state index in [0.29, 0.717) is 25.7 Å². The fourth-order valence-electron chi connectivity index (χ4n) is 6.96. The number of aliphatic hydroxyl groups is 1. The smallest absolute Gasteiger partial charge is 0.407 e. The number of benzene rings is 5. The Labute approximate surface area is 322 Å². The van der Waals surface area contributed by atoms with Gasteiger partial charge in [-0.3, -0.25) is 9.59 Å². The number of amides is 3. The van der Waals surface area contributed by atoms with Gasteiger partial charge in [-0.25, -0.2) is 9.59 Å². The van der Waals surface area contributed by atoms with Crippen LogP contribution in [-0.2, 0) is 38.6 Å². The highest BCUT2D eigenvalue weighted by Gasteiger charge is 2.32. The van der Waals surface area contributed by atoms with Crippen LogP contribution in [0.1, 0.15) is 56.2 Å². The molecule has 0 aliphatic rings. The molecule has 5 aromatic carbocycles. The normalized spacial score (nSPS) is 13.0. The number of carboxylic acids is 1. The first-order valence-electron chi connectivity index (χ1n) is 19.0. The predicted octanol–water partition coefficient (Wildman–Crippen LogP) is 6.95. The zero-order chi connectivity index (χ0) is 39.2. The number of rotatable bonds is 19. The van der Waals surface area contributed by atoms with Gasteiger partial charge in [-0.2, -0.15) is 0 Å². The maximum absolute atomic E-state index is 14.5. The highest BCUT2D eigenvalue weighted by molar-refractivity contribution is 5.91.